The Bertz CT molecular complexity index is 745. The molecule has 3 aliphatic rings. The molecule has 0 saturated heterocycles. The van der Waals surface area contributed by atoms with Gasteiger partial charge in [0.15, 0.2) is 0 Å². The Kier molecular flexibility index (Phi) is 4.78. The predicted octanol–water partition coefficient (Wildman–Crippen LogP) is 5.85. The summed E-state index contributed by atoms with van der Waals surface area (Å²) in [6.07, 6.45) is 5.75. The number of aliphatic hydroxyl groups excluding tert-OH is 1. The van der Waals surface area contributed by atoms with E-state index in [1.165, 1.54) is 24.0 Å². The zero-order chi connectivity index (χ0) is 19.6. The molecule has 150 valence electrons. The number of halogens is 1. The molecule has 1 N–H and O–H groups in total. The van der Waals surface area contributed by atoms with E-state index >= 15 is 0 Å². The number of hydrogen-bond donors (Lipinski definition) is 1. The molecule has 0 amide bonds. The molecule has 2 saturated carbocycles. The smallest absolute Gasteiger partial charge is 0.128 e. The number of methoxy groups -OCH3 is 1. The molecule has 4 heteroatoms. The number of aliphatic hydroxyl groups is 1. The predicted molar refractivity (Wildman–Crippen MR) is 117 cm³/mol. The van der Waals surface area contributed by atoms with Gasteiger partial charge in [0.1, 0.15) is 17.1 Å². The van der Waals surface area contributed by atoms with E-state index in [0.29, 0.717) is 5.92 Å². The summed E-state index contributed by atoms with van der Waals surface area (Å²) in [7, 11) is 1.75. The van der Waals surface area contributed by atoms with Crippen molar-refractivity contribution in [2.45, 2.75) is 69.3 Å². The van der Waals surface area contributed by atoms with E-state index in [2.05, 4.69) is 62.4 Å². The lowest BCUT2D eigenvalue weighted by atomic mass is 9.44. The average Bonchev–Trinajstić information content (AvgIpc) is 2.59. The van der Waals surface area contributed by atoms with Gasteiger partial charge >= 0.3 is 0 Å². The number of alkyl halides is 1. The first-order chi connectivity index (χ1) is 12.7. The summed E-state index contributed by atoms with van der Waals surface area (Å²) in [5, 5.41) is 10.8. The van der Waals surface area contributed by atoms with E-state index in [4.69, 9.17) is 9.47 Å². The Labute approximate surface area is 177 Å². The molecule has 5 atom stereocenters. The Morgan fingerprint density at radius 3 is 2.63 bits per heavy atom. The Morgan fingerprint density at radius 2 is 1.96 bits per heavy atom. The van der Waals surface area contributed by atoms with E-state index in [1.54, 1.807) is 7.11 Å². The van der Waals surface area contributed by atoms with Crippen molar-refractivity contribution < 1.29 is 14.6 Å². The van der Waals surface area contributed by atoms with Crippen molar-refractivity contribution in [3.05, 3.63) is 23.3 Å². The fourth-order valence-electron chi connectivity index (χ4n) is 6.92. The van der Waals surface area contributed by atoms with Crippen LogP contribution in [0.5, 0.6) is 11.5 Å². The van der Waals surface area contributed by atoms with Gasteiger partial charge in [0, 0.05) is 23.5 Å². The zero-order valence-electron chi connectivity index (χ0n) is 17.3. The Hall–Kier alpha value is -0.490. The second-order valence-electron chi connectivity index (χ2n) is 10.00. The second kappa shape index (κ2) is 6.51. The van der Waals surface area contributed by atoms with E-state index < -0.39 is 0 Å². The van der Waals surface area contributed by atoms with Crippen molar-refractivity contribution in [3.8, 4) is 11.5 Å². The summed E-state index contributed by atoms with van der Waals surface area (Å²) in [5.41, 5.74) is 2.32. The quantitative estimate of drug-likeness (QED) is 0.423. The van der Waals surface area contributed by atoms with Crippen LogP contribution in [0, 0.1) is 29.6 Å². The zero-order valence-corrected chi connectivity index (χ0v) is 19.4. The lowest BCUT2D eigenvalue weighted by Gasteiger charge is -2.64. The van der Waals surface area contributed by atoms with Gasteiger partial charge in [-0.2, -0.15) is 0 Å². The molecule has 0 spiro atoms. The minimum absolute atomic E-state index is 0.0752. The third kappa shape index (κ3) is 2.76. The molecule has 3 nitrogen and oxygen atoms in total. The lowest BCUT2D eigenvalue weighted by molar-refractivity contribution is -0.186. The molecule has 1 aromatic rings. The fourth-order valence-corrected chi connectivity index (χ4v) is 9.01. The summed E-state index contributed by atoms with van der Waals surface area (Å²) in [6, 6.07) is 4.28. The summed E-state index contributed by atoms with van der Waals surface area (Å²) >= 11 is 2.62. The molecule has 0 bridgehead atoms. The maximum absolute atomic E-state index is 10.8. The van der Waals surface area contributed by atoms with Crippen LogP contribution in [-0.4, -0.2) is 24.4 Å². The summed E-state index contributed by atoms with van der Waals surface area (Å²) in [6.45, 7) is 9.46. The van der Waals surface area contributed by atoms with Crippen molar-refractivity contribution in [2.24, 2.45) is 22.7 Å². The molecule has 27 heavy (non-hydrogen) atoms. The van der Waals surface area contributed by atoms with E-state index in [9.17, 15) is 5.11 Å². The van der Waals surface area contributed by atoms with Crippen molar-refractivity contribution in [1.82, 2.24) is 0 Å². The van der Waals surface area contributed by atoms with Gasteiger partial charge in [-0.3, -0.25) is 0 Å². The molecule has 2 aliphatic carbocycles. The Balaban J connectivity index is 1.89. The summed E-state index contributed by atoms with van der Waals surface area (Å²) < 4.78 is 12.8. The molecular weight excluding hydrogens is 451 g/mol. The van der Waals surface area contributed by atoms with Crippen LogP contribution in [0.2, 0.25) is 0 Å². The van der Waals surface area contributed by atoms with E-state index in [0.717, 1.165) is 30.8 Å². The van der Waals surface area contributed by atoms with Crippen LogP contribution in [0.15, 0.2) is 12.1 Å². The van der Waals surface area contributed by atoms with Crippen LogP contribution in [-0.2, 0) is 0 Å². The maximum Gasteiger partial charge on any atom is 0.128 e. The van der Waals surface area contributed by atoms with Crippen LogP contribution in [0.25, 0.3) is 0 Å². The first-order valence-electron chi connectivity index (χ1n) is 10.3. The average molecular weight is 484 g/mol. The largest absolute Gasteiger partial charge is 0.496 e. The standard InChI is InChI=1S/C23H33IO3/c1-14-11-15(26-5)18-16(12-14)27-22(4)10-7-17-21(2,3)8-6-9-23(17,13-25)20(22)19(18)24/h11-12,17,19-20,25H,6-10,13H2,1-5H3/t17-,19?,20-,22-,23-/m0/s1. The normalized spacial score (nSPS) is 39.6. The molecule has 1 aliphatic heterocycles. The van der Waals surface area contributed by atoms with Gasteiger partial charge in [-0.25, -0.2) is 0 Å². The minimum atomic E-state index is -0.232. The van der Waals surface area contributed by atoms with E-state index in [1.807, 2.05) is 0 Å². The van der Waals surface area contributed by atoms with Crippen LogP contribution < -0.4 is 9.47 Å². The number of aryl methyl sites for hydroxylation is 1. The third-order valence-corrected chi connectivity index (χ3v) is 9.32. The van der Waals surface area contributed by atoms with Crippen LogP contribution >= 0.6 is 22.6 Å². The Morgan fingerprint density at radius 1 is 1.22 bits per heavy atom. The first-order valence-corrected chi connectivity index (χ1v) is 11.6. The lowest BCUT2D eigenvalue weighted by Crippen LogP contribution is -2.64. The number of hydrogen-bond acceptors (Lipinski definition) is 3. The number of rotatable bonds is 2. The van der Waals surface area contributed by atoms with E-state index in [-0.39, 0.29) is 32.9 Å². The highest BCUT2D eigenvalue weighted by atomic mass is 127. The van der Waals surface area contributed by atoms with Crippen molar-refractivity contribution in [2.75, 3.05) is 13.7 Å². The number of ether oxygens (including phenoxy) is 2. The highest BCUT2D eigenvalue weighted by Crippen LogP contribution is 2.69. The van der Waals surface area contributed by atoms with Crippen molar-refractivity contribution in [3.63, 3.8) is 0 Å². The molecular formula is C23H33IO3. The summed E-state index contributed by atoms with van der Waals surface area (Å²) in [4.78, 5) is 0. The maximum atomic E-state index is 10.8. The van der Waals surface area contributed by atoms with Crippen LogP contribution in [0.3, 0.4) is 0 Å². The molecule has 1 heterocycles. The van der Waals surface area contributed by atoms with Gasteiger partial charge < -0.3 is 14.6 Å². The molecule has 1 unspecified atom stereocenters. The van der Waals surface area contributed by atoms with Gasteiger partial charge in [0.25, 0.3) is 0 Å². The van der Waals surface area contributed by atoms with Crippen molar-refractivity contribution in [1.29, 1.82) is 0 Å². The highest BCUT2D eigenvalue weighted by molar-refractivity contribution is 14.1. The van der Waals surface area contributed by atoms with Crippen molar-refractivity contribution >= 4 is 22.6 Å². The molecule has 0 aromatic heterocycles. The third-order valence-electron chi connectivity index (χ3n) is 7.98. The monoisotopic (exact) mass is 484 g/mol. The van der Waals surface area contributed by atoms with Gasteiger partial charge in [0.2, 0.25) is 0 Å². The van der Waals surface area contributed by atoms with Crippen LogP contribution in [0.4, 0.5) is 0 Å². The van der Waals surface area contributed by atoms with Crippen LogP contribution in [0.1, 0.15) is 67.9 Å². The van der Waals surface area contributed by atoms with Gasteiger partial charge in [-0.05, 0) is 68.6 Å². The minimum Gasteiger partial charge on any atom is -0.496 e. The fraction of sp³-hybridized carbons (Fsp3) is 0.739. The van der Waals surface area contributed by atoms with Gasteiger partial charge in [0.05, 0.1) is 11.0 Å². The summed E-state index contributed by atoms with van der Waals surface area (Å²) in [5.74, 6) is 2.74. The molecule has 0 radical (unpaired) electrons. The molecule has 2 fully saturated rings. The number of benzene rings is 1. The molecule has 1 aromatic carbocycles. The topological polar surface area (TPSA) is 38.7 Å². The first kappa shape index (κ1) is 19.8. The SMILES string of the molecule is COc1cc(C)cc2c1C(I)[C@@H]1[C@]3(CO)CCCC(C)(C)[C@@H]3CC[C@]1(C)O2. The second-order valence-corrected chi connectivity index (χ2v) is 11.3. The van der Waals surface area contributed by atoms with Gasteiger partial charge in [-0.15, -0.1) is 0 Å². The molecule has 4 rings (SSSR count). The highest BCUT2D eigenvalue weighted by Gasteiger charge is 2.65. The number of fused-ring (bicyclic) bond motifs is 4. The van der Waals surface area contributed by atoms with Gasteiger partial charge in [-0.1, -0.05) is 42.9 Å².